The Kier molecular flexibility index (Phi) is 4.75. The Hall–Kier alpha value is -4.35. The van der Waals surface area contributed by atoms with Gasteiger partial charge in [0.05, 0.1) is 11.4 Å². The lowest BCUT2D eigenvalue weighted by Gasteiger charge is -2.28. The van der Waals surface area contributed by atoms with Crippen molar-refractivity contribution in [1.29, 1.82) is 0 Å². The molecule has 8 aromatic carbocycles. The molecule has 194 valence electrons. The molecule has 0 saturated heterocycles. The minimum atomic E-state index is 0.923. The maximum Gasteiger partial charge on any atom is 0.160 e. The third-order valence-corrected chi connectivity index (χ3v) is 9.76. The Bertz CT molecular complexity index is 2430. The van der Waals surface area contributed by atoms with E-state index in [-0.39, 0.29) is 0 Å². The largest absolute Gasteiger partial charge is 0.454 e. The van der Waals surface area contributed by atoms with E-state index in [0.717, 1.165) is 28.2 Å². The lowest BCUT2D eigenvalue weighted by Crippen LogP contribution is -2.11. The highest BCUT2D eigenvalue weighted by atomic mass is 127. The summed E-state index contributed by atoms with van der Waals surface area (Å²) in [5.41, 5.74) is 7.75. The molecule has 0 aliphatic rings. The Balaban J connectivity index is 1.45. The predicted molar refractivity (Wildman–Crippen MR) is 183 cm³/mol. The molecule has 0 aliphatic heterocycles. The van der Waals surface area contributed by atoms with E-state index in [2.05, 4.69) is 151 Å². The molecule has 0 aliphatic carbocycles. The van der Waals surface area contributed by atoms with Crippen molar-refractivity contribution in [3.63, 3.8) is 0 Å². The van der Waals surface area contributed by atoms with Crippen molar-refractivity contribution in [2.45, 2.75) is 13.8 Å². The van der Waals surface area contributed by atoms with Crippen LogP contribution in [-0.4, -0.2) is 0 Å². The van der Waals surface area contributed by atoms with Gasteiger partial charge in [-0.25, -0.2) is 0 Å². The van der Waals surface area contributed by atoms with Crippen LogP contribution in [0.5, 0.6) is 0 Å². The molecule has 1 heterocycles. The van der Waals surface area contributed by atoms with Crippen molar-refractivity contribution in [1.82, 2.24) is 0 Å². The summed E-state index contributed by atoms with van der Waals surface area (Å²) in [4.78, 5) is 2.40. The van der Waals surface area contributed by atoms with Crippen molar-refractivity contribution in [3.8, 4) is 0 Å². The summed E-state index contributed by atoms with van der Waals surface area (Å²) in [6.07, 6.45) is 0. The molecule has 9 aromatic rings. The maximum atomic E-state index is 6.71. The minimum absolute atomic E-state index is 0.923. The number of rotatable bonds is 3. The molecule has 41 heavy (non-hydrogen) atoms. The van der Waals surface area contributed by atoms with Crippen LogP contribution in [0, 0.1) is 17.4 Å². The molecule has 9 rings (SSSR count). The Morgan fingerprint density at radius 1 is 0.537 bits per heavy atom. The van der Waals surface area contributed by atoms with Crippen molar-refractivity contribution in [2.24, 2.45) is 0 Å². The highest BCUT2D eigenvalue weighted by molar-refractivity contribution is 14.1. The summed E-state index contributed by atoms with van der Waals surface area (Å²) in [5, 5.41) is 12.7. The number of hydrogen-bond donors (Lipinski definition) is 0. The zero-order valence-corrected chi connectivity index (χ0v) is 24.8. The van der Waals surface area contributed by atoms with Crippen LogP contribution in [0.1, 0.15) is 11.1 Å². The molecule has 0 atom stereocenters. The van der Waals surface area contributed by atoms with Gasteiger partial charge >= 0.3 is 0 Å². The molecule has 0 radical (unpaired) electrons. The number of halogens is 1. The third kappa shape index (κ3) is 3.13. The van der Waals surface area contributed by atoms with Gasteiger partial charge in [-0.15, -0.1) is 0 Å². The van der Waals surface area contributed by atoms with Crippen LogP contribution >= 0.6 is 22.6 Å². The lowest BCUT2D eigenvalue weighted by atomic mass is 9.89. The highest BCUT2D eigenvalue weighted by Crippen LogP contribution is 2.49. The molecule has 0 saturated carbocycles. The summed E-state index contributed by atoms with van der Waals surface area (Å²) < 4.78 is 8.01. The van der Waals surface area contributed by atoms with Gasteiger partial charge in [-0.1, -0.05) is 72.8 Å². The molecule has 0 amide bonds. The molecule has 3 heteroatoms. The van der Waals surface area contributed by atoms with Crippen LogP contribution in [-0.2, 0) is 0 Å². The van der Waals surface area contributed by atoms with E-state index < -0.39 is 0 Å². The Morgan fingerprint density at radius 3 is 2.00 bits per heavy atom. The monoisotopic (exact) mass is 637 g/mol. The second-order valence-electron chi connectivity index (χ2n) is 11.2. The Morgan fingerprint density at radius 2 is 1.20 bits per heavy atom. The normalized spacial score (nSPS) is 12.3. The lowest BCUT2D eigenvalue weighted by molar-refractivity contribution is 0.669. The Labute approximate surface area is 250 Å². The number of hydrogen-bond acceptors (Lipinski definition) is 2. The van der Waals surface area contributed by atoms with Gasteiger partial charge in [0.15, 0.2) is 5.58 Å². The van der Waals surface area contributed by atoms with Gasteiger partial charge in [-0.3, -0.25) is 0 Å². The summed E-state index contributed by atoms with van der Waals surface area (Å²) in [6, 6.07) is 39.8. The summed E-state index contributed by atoms with van der Waals surface area (Å²) in [5.74, 6) is 0. The first-order valence-electron chi connectivity index (χ1n) is 14.0. The highest BCUT2D eigenvalue weighted by Gasteiger charge is 2.25. The number of furan rings is 1. The van der Waals surface area contributed by atoms with E-state index in [1.165, 1.54) is 68.6 Å². The molecule has 0 N–H and O–H groups in total. The van der Waals surface area contributed by atoms with Crippen LogP contribution in [0.2, 0.25) is 0 Å². The average Bonchev–Trinajstić information content (AvgIpc) is 3.40. The van der Waals surface area contributed by atoms with E-state index in [9.17, 15) is 0 Å². The molecule has 2 nitrogen and oxygen atoms in total. The van der Waals surface area contributed by atoms with Crippen LogP contribution in [0.25, 0.3) is 65.0 Å². The van der Waals surface area contributed by atoms with Crippen molar-refractivity contribution in [3.05, 3.63) is 124 Å². The summed E-state index contributed by atoms with van der Waals surface area (Å²) in [7, 11) is 0. The van der Waals surface area contributed by atoms with Crippen molar-refractivity contribution < 1.29 is 4.42 Å². The van der Waals surface area contributed by atoms with Gasteiger partial charge in [-0.05, 0) is 122 Å². The van der Waals surface area contributed by atoms with Crippen LogP contribution in [0.3, 0.4) is 0 Å². The van der Waals surface area contributed by atoms with E-state index in [0.29, 0.717) is 0 Å². The van der Waals surface area contributed by atoms with E-state index in [4.69, 9.17) is 4.42 Å². The molecule has 0 fully saturated rings. The van der Waals surface area contributed by atoms with Gasteiger partial charge in [0.25, 0.3) is 0 Å². The standard InChI is InChI=1S/C38H24INO/c1-21-19-30(39)28-16-14-27-22(2)20-32(29-17-15-26(21)36(28)37(27)29)40(25-8-4-3-5-9-25)31-18-13-24-12-11-23-7-6-10-33-34(23)35(24)38(31)41-33/h3-20H,1-2H3. The maximum absolute atomic E-state index is 6.71. The van der Waals surface area contributed by atoms with Gasteiger partial charge in [0, 0.05) is 25.4 Å². The average molecular weight is 638 g/mol. The van der Waals surface area contributed by atoms with Gasteiger partial charge in [0.2, 0.25) is 0 Å². The fraction of sp³-hybridized carbons (Fsp3) is 0.0526. The first-order valence-corrected chi connectivity index (χ1v) is 15.0. The van der Waals surface area contributed by atoms with Crippen LogP contribution in [0.15, 0.2) is 114 Å². The molecule has 0 spiro atoms. The van der Waals surface area contributed by atoms with Crippen LogP contribution < -0.4 is 4.90 Å². The fourth-order valence-corrected chi connectivity index (χ4v) is 7.95. The van der Waals surface area contributed by atoms with Crippen molar-refractivity contribution >= 4 is 105 Å². The fourth-order valence-electron chi connectivity index (χ4n) is 7.03. The summed E-state index contributed by atoms with van der Waals surface area (Å²) in [6.45, 7) is 4.47. The third-order valence-electron chi connectivity index (χ3n) is 8.87. The van der Waals surface area contributed by atoms with Crippen molar-refractivity contribution in [2.75, 3.05) is 4.90 Å². The van der Waals surface area contributed by atoms with Gasteiger partial charge in [0.1, 0.15) is 5.58 Å². The van der Waals surface area contributed by atoms with Gasteiger partial charge < -0.3 is 9.32 Å². The molecule has 0 bridgehead atoms. The van der Waals surface area contributed by atoms with Gasteiger partial charge in [-0.2, -0.15) is 0 Å². The topological polar surface area (TPSA) is 16.4 Å². The first kappa shape index (κ1) is 23.4. The SMILES string of the molecule is Cc1cc(I)c2ccc3c(C)cc(N(c4ccccc4)c4ccc5ccc6cccc7oc4c5c67)c4ccc1c2c34. The molecular formula is C38H24INO. The zero-order valence-electron chi connectivity index (χ0n) is 22.6. The number of anilines is 3. The summed E-state index contributed by atoms with van der Waals surface area (Å²) >= 11 is 2.49. The quantitative estimate of drug-likeness (QED) is 0.142. The molecular weight excluding hydrogens is 613 g/mol. The first-order chi connectivity index (χ1) is 20.1. The number of nitrogens with zero attached hydrogens (tertiary/aromatic N) is 1. The molecule has 1 aromatic heterocycles. The predicted octanol–water partition coefficient (Wildman–Crippen LogP) is 11.8. The zero-order chi connectivity index (χ0) is 27.4. The number of para-hydroxylation sites is 1. The smallest absolute Gasteiger partial charge is 0.160 e. The molecule has 0 unspecified atom stereocenters. The number of aryl methyl sites for hydroxylation is 2. The van der Waals surface area contributed by atoms with E-state index in [1.807, 2.05) is 0 Å². The van der Waals surface area contributed by atoms with E-state index in [1.54, 1.807) is 0 Å². The minimum Gasteiger partial charge on any atom is -0.454 e. The number of benzene rings is 8. The van der Waals surface area contributed by atoms with Crippen LogP contribution in [0.4, 0.5) is 17.1 Å². The second-order valence-corrected chi connectivity index (χ2v) is 12.3. The van der Waals surface area contributed by atoms with E-state index >= 15 is 0 Å². The second kappa shape index (κ2) is 8.34.